The largest absolute Gasteiger partial charge is 0.480 e. The number of carbonyl (C=O) groups is 1. The Labute approximate surface area is 67.4 Å². The van der Waals surface area contributed by atoms with Crippen LogP contribution in [0.3, 0.4) is 0 Å². The normalized spacial score (nSPS) is 14.6. The van der Waals surface area contributed by atoms with Gasteiger partial charge in [-0.1, -0.05) is 0 Å². The molecule has 5 heteroatoms. The van der Waals surface area contributed by atoms with Crippen molar-refractivity contribution in [3.05, 3.63) is 18.1 Å². The first-order chi connectivity index (χ1) is 5.75. The van der Waals surface area contributed by atoms with Crippen molar-refractivity contribution in [2.45, 2.75) is 0 Å². The van der Waals surface area contributed by atoms with Crippen LogP contribution in [0.25, 0.3) is 0 Å². The van der Waals surface area contributed by atoms with Crippen molar-refractivity contribution < 1.29 is 13.9 Å². The number of rotatable bonds is 0. The number of halogens is 1. The summed E-state index contributed by atoms with van der Waals surface area (Å²) in [7, 11) is 0. The fourth-order valence-corrected chi connectivity index (χ4v) is 0.940. The van der Waals surface area contributed by atoms with Crippen molar-refractivity contribution in [1.29, 1.82) is 0 Å². The Morgan fingerprint density at radius 1 is 1.58 bits per heavy atom. The lowest BCUT2D eigenvalue weighted by atomic mass is 10.4. The molecular formula is C7H5FN2O2. The third-order valence-electron chi connectivity index (χ3n) is 1.44. The van der Waals surface area contributed by atoms with Gasteiger partial charge >= 0.3 is 0 Å². The molecule has 0 unspecified atom stereocenters. The molecular weight excluding hydrogens is 163 g/mol. The third-order valence-corrected chi connectivity index (χ3v) is 1.44. The minimum atomic E-state index is -0.639. The SMILES string of the molecule is O=C1COc2ccc(F)nc2N1. The van der Waals surface area contributed by atoms with E-state index in [0.29, 0.717) is 5.75 Å². The Balaban J connectivity index is 2.44. The predicted molar refractivity (Wildman–Crippen MR) is 38.3 cm³/mol. The van der Waals surface area contributed by atoms with Gasteiger partial charge in [-0.3, -0.25) is 4.79 Å². The lowest BCUT2D eigenvalue weighted by Crippen LogP contribution is -2.26. The molecule has 0 saturated heterocycles. The van der Waals surface area contributed by atoms with Crippen LogP contribution < -0.4 is 10.1 Å². The van der Waals surface area contributed by atoms with Crippen molar-refractivity contribution in [3.63, 3.8) is 0 Å². The van der Waals surface area contributed by atoms with Crippen LogP contribution in [0.2, 0.25) is 0 Å². The van der Waals surface area contributed by atoms with E-state index in [1.54, 1.807) is 0 Å². The van der Waals surface area contributed by atoms with Gasteiger partial charge in [0.2, 0.25) is 5.95 Å². The fraction of sp³-hybridized carbons (Fsp3) is 0.143. The molecule has 0 aliphatic carbocycles. The number of aromatic nitrogens is 1. The molecule has 2 rings (SSSR count). The summed E-state index contributed by atoms with van der Waals surface area (Å²) < 4.78 is 17.5. The number of anilines is 1. The molecule has 0 atom stereocenters. The second-order valence-corrected chi connectivity index (χ2v) is 2.32. The van der Waals surface area contributed by atoms with Crippen molar-refractivity contribution in [3.8, 4) is 5.75 Å². The van der Waals surface area contributed by atoms with Crippen LogP contribution in [0.1, 0.15) is 0 Å². The highest BCUT2D eigenvalue weighted by atomic mass is 19.1. The summed E-state index contributed by atoms with van der Waals surface area (Å²) in [6.07, 6.45) is 0. The predicted octanol–water partition coefficient (Wildman–Crippen LogP) is 0.552. The minimum Gasteiger partial charge on any atom is -0.480 e. The molecule has 1 aliphatic rings. The van der Waals surface area contributed by atoms with Crippen LogP contribution >= 0.6 is 0 Å². The Hall–Kier alpha value is -1.65. The van der Waals surface area contributed by atoms with Crippen LogP contribution in [-0.4, -0.2) is 17.5 Å². The maximum Gasteiger partial charge on any atom is 0.263 e. The van der Waals surface area contributed by atoms with Gasteiger partial charge in [-0.15, -0.1) is 0 Å². The van der Waals surface area contributed by atoms with Crippen LogP contribution in [0.5, 0.6) is 5.75 Å². The highest BCUT2D eigenvalue weighted by molar-refractivity contribution is 5.94. The first-order valence-electron chi connectivity index (χ1n) is 3.35. The average molecular weight is 168 g/mol. The standard InChI is InChI=1S/C7H5FN2O2/c8-5-2-1-4-7(9-5)10-6(11)3-12-4/h1-2H,3H2,(H,9,10,11). The number of hydrogen-bond donors (Lipinski definition) is 1. The molecule has 0 radical (unpaired) electrons. The third kappa shape index (κ3) is 1.09. The van der Waals surface area contributed by atoms with Gasteiger partial charge in [0, 0.05) is 0 Å². The lowest BCUT2D eigenvalue weighted by Gasteiger charge is -2.15. The topological polar surface area (TPSA) is 51.2 Å². The quantitative estimate of drug-likeness (QED) is 0.575. The first kappa shape index (κ1) is 7.02. The molecule has 0 aromatic carbocycles. The summed E-state index contributed by atoms with van der Waals surface area (Å²) >= 11 is 0. The van der Waals surface area contributed by atoms with Crippen molar-refractivity contribution in [2.75, 3.05) is 11.9 Å². The summed E-state index contributed by atoms with van der Waals surface area (Å²) in [5.74, 6) is -0.414. The molecule has 12 heavy (non-hydrogen) atoms. The average Bonchev–Trinajstić information content (AvgIpc) is 2.03. The van der Waals surface area contributed by atoms with Gasteiger partial charge in [-0.05, 0) is 12.1 Å². The fourth-order valence-electron chi connectivity index (χ4n) is 0.940. The molecule has 1 aromatic rings. The first-order valence-corrected chi connectivity index (χ1v) is 3.35. The van der Waals surface area contributed by atoms with E-state index in [9.17, 15) is 9.18 Å². The summed E-state index contributed by atoms with van der Waals surface area (Å²) in [5.41, 5.74) is 0. The van der Waals surface area contributed by atoms with Gasteiger partial charge in [-0.2, -0.15) is 9.37 Å². The molecule has 1 aliphatic heterocycles. The monoisotopic (exact) mass is 168 g/mol. The van der Waals surface area contributed by atoms with Crippen molar-refractivity contribution in [1.82, 2.24) is 4.98 Å². The van der Waals surface area contributed by atoms with Crippen molar-refractivity contribution >= 4 is 11.7 Å². The summed E-state index contributed by atoms with van der Waals surface area (Å²) in [6, 6.07) is 2.60. The van der Waals surface area contributed by atoms with Gasteiger partial charge in [0.05, 0.1) is 0 Å². The maximum absolute atomic E-state index is 12.5. The number of nitrogens with one attached hydrogen (secondary N) is 1. The Kier molecular flexibility index (Phi) is 1.43. The van der Waals surface area contributed by atoms with E-state index in [1.165, 1.54) is 12.1 Å². The van der Waals surface area contributed by atoms with Crippen LogP contribution in [0, 0.1) is 5.95 Å². The number of amides is 1. The van der Waals surface area contributed by atoms with Crippen molar-refractivity contribution in [2.24, 2.45) is 0 Å². The molecule has 1 aromatic heterocycles. The number of nitrogens with zero attached hydrogens (tertiary/aromatic N) is 1. The lowest BCUT2D eigenvalue weighted by molar-refractivity contribution is -0.118. The zero-order chi connectivity index (χ0) is 8.55. The van der Waals surface area contributed by atoms with Gasteiger partial charge in [-0.25, -0.2) is 0 Å². The van der Waals surface area contributed by atoms with Crippen LogP contribution in [-0.2, 0) is 4.79 Å². The molecule has 0 spiro atoms. The molecule has 0 fully saturated rings. The number of fused-ring (bicyclic) bond motifs is 1. The molecule has 0 saturated carbocycles. The zero-order valence-electron chi connectivity index (χ0n) is 6.00. The summed E-state index contributed by atoms with van der Waals surface area (Å²) in [4.78, 5) is 14.2. The smallest absolute Gasteiger partial charge is 0.263 e. The summed E-state index contributed by atoms with van der Waals surface area (Å²) in [5, 5.41) is 2.39. The molecule has 62 valence electrons. The molecule has 2 heterocycles. The number of pyridine rings is 1. The highest BCUT2D eigenvalue weighted by Gasteiger charge is 2.16. The minimum absolute atomic E-state index is 0.0414. The Morgan fingerprint density at radius 3 is 3.25 bits per heavy atom. The second-order valence-electron chi connectivity index (χ2n) is 2.32. The van der Waals surface area contributed by atoms with Gasteiger partial charge in [0.1, 0.15) is 0 Å². The summed E-state index contributed by atoms with van der Waals surface area (Å²) in [6.45, 7) is -0.0414. The van der Waals surface area contributed by atoms with Gasteiger partial charge < -0.3 is 10.1 Å². The van der Waals surface area contributed by atoms with Crippen LogP contribution in [0.4, 0.5) is 10.2 Å². The molecule has 1 N–H and O–H groups in total. The maximum atomic E-state index is 12.5. The van der Waals surface area contributed by atoms with E-state index < -0.39 is 5.95 Å². The van der Waals surface area contributed by atoms with Gasteiger partial charge in [0.25, 0.3) is 5.91 Å². The van der Waals surface area contributed by atoms with E-state index >= 15 is 0 Å². The van der Waals surface area contributed by atoms with E-state index in [4.69, 9.17) is 4.74 Å². The number of hydrogen-bond acceptors (Lipinski definition) is 3. The number of carbonyl (C=O) groups excluding carboxylic acids is 1. The number of ether oxygens (including phenoxy) is 1. The zero-order valence-corrected chi connectivity index (χ0v) is 6.00. The second kappa shape index (κ2) is 2.44. The van der Waals surface area contributed by atoms with Crippen LogP contribution in [0.15, 0.2) is 12.1 Å². The van der Waals surface area contributed by atoms with E-state index in [2.05, 4.69) is 10.3 Å². The van der Waals surface area contributed by atoms with Gasteiger partial charge in [0.15, 0.2) is 18.2 Å². The highest BCUT2D eigenvalue weighted by Crippen LogP contribution is 2.24. The Bertz CT molecular complexity index is 340. The van der Waals surface area contributed by atoms with E-state index in [-0.39, 0.29) is 18.3 Å². The Morgan fingerprint density at radius 2 is 2.42 bits per heavy atom. The van der Waals surface area contributed by atoms with E-state index in [0.717, 1.165) is 0 Å². The molecule has 1 amide bonds. The van der Waals surface area contributed by atoms with E-state index in [1.807, 2.05) is 0 Å². The molecule has 0 bridgehead atoms. The molecule has 4 nitrogen and oxygen atoms in total.